The van der Waals surface area contributed by atoms with Gasteiger partial charge in [-0.1, -0.05) is 49.6 Å². The van der Waals surface area contributed by atoms with Gasteiger partial charge >= 0.3 is 5.97 Å². The van der Waals surface area contributed by atoms with E-state index in [4.69, 9.17) is 10.5 Å². The van der Waals surface area contributed by atoms with E-state index in [-0.39, 0.29) is 11.4 Å². The quantitative estimate of drug-likeness (QED) is 0.839. The first-order valence-electron chi connectivity index (χ1n) is 9.60. The second-order valence-corrected chi connectivity index (χ2v) is 8.57. The summed E-state index contributed by atoms with van der Waals surface area (Å²) in [6.45, 7) is 0.595. The molecular formula is C21H29NO2. The Morgan fingerprint density at radius 2 is 1.96 bits per heavy atom. The molecule has 3 saturated carbocycles. The van der Waals surface area contributed by atoms with Crippen LogP contribution in [0.1, 0.15) is 50.5 Å². The second kappa shape index (κ2) is 6.51. The standard InChI is InChI=1S/C21H29NO2/c22-19(10-15-5-2-1-3-6-15)20(23)24-14-21-11-16-7-4-8-17(12-21)18(9-16)13-21/h1-3,5-6,16-19H,4,7-14,22H2/t16?,17?,18?,19-,21?/m0/s1. The van der Waals surface area contributed by atoms with Gasteiger partial charge in [0.1, 0.15) is 6.04 Å². The van der Waals surface area contributed by atoms with Crippen LogP contribution in [-0.2, 0) is 16.0 Å². The molecule has 3 heteroatoms. The second-order valence-electron chi connectivity index (χ2n) is 8.57. The van der Waals surface area contributed by atoms with Crippen LogP contribution in [0.2, 0.25) is 0 Å². The SMILES string of the molecule is N[C@@H](Cc1ccccc1)C(=O)OCC12CC3CCCC(C1)C(C3)C2. The Bertz CT molecular complexity index is 583. The van der Waals surface area contributed by atoms with E-state index in [2.05, 4.69) is 0 Å². The van der Waals surface area contributed by atoms with Crippen LogP contribution < -0.4 is 5.73 Å². The number of esters is 1. The van der Waals surface area contributed by atoms with Crippen molar-refractivity contribution >= 4 is 5.97 Å². The molecule has 4 unspecified atom stereocenters. The number of benzene rings is 1. The highest BCUT2D eigenvalue weighted by Gasteiger charge is 2.52. The van der Waals surface area contributed by atoms with E-state index in [0.717, 1.165) is 23.3 Å². The zero-order valence-electron chi connectivity index (χ0n) is 14.5. The largest absolute Gasteiger partial charge is 0.464 e. The van der Waals surface area contributed by atoms with Crippen LogP contribution in [0.4, 0.5) is 0 Å². The first-order valence-corrected chi connectivity index (χ1v) is 9.60. The highest BCUT2D eigenvalue weighted by Crippen LogP contribution is 2.60. The molecule has 3 nitrogen and oxygen atoms in total. The Balaban J connectivity index is 1.34. The number of nitrogens with two attached hydrogens (primary N) is 1. The third-order valence-electron chi connectivity index (χ3n) is 6.72. The Hall–Kier alpha value is -1.35. The van der Waals surface area contributed by atoms with Crippen molar-refractivity contribution in [3.8, 4) is 0 Å². The lowest BCUT2D eigenvalue weighted by Crippen LogP contribution is -2.38. The van der Waals surface area contributed by atoms with Crippen molar-refractivity contribution < 1.29 is 9.53 Å². The lowest BCUT2D eigenvalue weighted by molar-refractivity contribution is -0.149. The fourth-order valence-electron chi connectivity index (χ4n) is 5.78. The van der Waals surface area contributed by atoms with Gasteiger partial charge in [-0.15, -0.1) is 0 Å². The maximum Gasteiger partial charge on any atom is 0.323 e. The van der Waals surface area contributed by atoms with Crippen LogP contribution in [-0.4, -0.2) is 18.6 Å². The molecule has 3 fully saturated rings. The average Bonchev–Trinajstić information content (AvgIpc) is 2.74. The number of hydrogen-bond donors (Lipinski definition) is 1. The molecule has 4 rings (SSSR count). The Morgan fingerprint density at radius 1 is 1.17 bits per heavy atom. The fourth-order valence-corrected chi connectivity index (χ4v) is 5.78. The fraction of sp³-hybridized carbons (Fsp3) is 0.667. The van der Waals surface area contributed by atoms with Gasteiger partial charge in [0.15, 0.2) is 0 Å². The van der Waals surface area contributed by atoms with E-state index in [1.807, 2.05) is 30.3 Å². The summed E-state index contributed by atoms with van der Waals surface area (Å²) in [5.74, 6) is 2.41. The maximum absolute atomic E-state index is 12.4. The molecule has 1 aromatic carbocycles. The summed E-state index contributed by atoms with van der Waals surface area (Å²) in [4.78, 5) is 12.4. The summed E-state index contributed by atoms with van der Waals surface area (Å²) < 4.78 is 5.74. The summed E-state index contributed by atoms with van der Waals surface area (Å²) in [5.41, 5.74) is 7.43. The van der Waals surface area contributed by atoms with Gasteiger partial charge < -0.3 is 10.5 Å². The minimum atomic E-state index is -0.552. The van der Waals surface area contributed by atoms with Crippen LogP contribution in [0.3, 0.4) is 0 Å². The van der Waals surface area contributed by atoms with Gasteiger partial charge in [0, 0.05) is 5.41 Å². The van der Waals surface area contributed by atoms with Crippen LogP contribution in [0.5, 0.6) is 0 Å². The summed E-state index contributed by atoms with van der Waals surface area (Å²) in [7, 11) is 0. The average molecular weight is 327 g/mol. The normalized spacial score (nSPS) is 35.5. The van der Waals surface area contributed by atoms with E-state index >= 15 is 0 Å². The minimum absolute atomic E-state index is 0.229. The predicted octanol–water partition coefficient (Wildman–Crippen LogP) is 3.71. The van der Waals surface area contributed by atoms with Gasteiger partial charge in [-0.2, -0.15) is 0 Å². The molecule has 3 aliphatic rings. The summed E-state index contributed by atoms with van der Waals surface area (Å²) in [6.07, 6.45) is 9.98. The zero-order valence-corrected chi connectivity index (χ0v) is 14.5. The van der Waals surface area contributed by atoms with Gasteiger partial charge in [0.05, 0.1) is 6.61 Å². The topological polar surface area (TPSA) is 52.3 Å². The molecule has 0 heterocycles. The van der Waals surface area contributed by atoms with Crippen molar-refractivity contribution in [2.45, 2.75) is 57.4 Å². The molecule has 130 valence electrons. The minimum Gasteiger partial charge on any atom is -0.464 e. The molecule has 2 N–H and O–H groups in total. The number of fused-ring (bicyclic) bond motifs is 2. The predicted molar refractivity (Wildman–Crippen MR) is 94.3 cm³/mol. The molecule has 3 aliphatic carbocycles. The molecule has 0 radical (unpaired) electrons. The van der Waals surface area contributed by atoms with Crippen LogP contribution in [0, 0.1) is 23.2 Å². The van der Waals surface area contributed by atoms with Gasteiger partial charge in [0.25, 0.3) is 0 Å². The molecule has 3 bridgehead atoms. The zero-order chi connectivity index (χ0) is 16.6. The van der Waals surface area contributed by atoms with Gasteiger partial charge in [-0.3, -0.25) is 4.79 Å². The molecule has 0 saturated heterocycles. The Morgan fingerprint density at radius 3 is 2.79 bits per heavy atom. The molecule has 0 amide bonds. The molecule has 0 aromatic heterocycles. The summed E-state index contributed by atoms with van der Waals surface area (Å²) in [5, 5.41) is 0. The van der Waals surface area contributed by atoms with Gasteiger partial charge in [-0.05, 0) is 55.4 Å². The Kier molecular flexibility index (Phi) is 4.38. The van der Waals surface area contributed by atoms with Crippen LogP contribution in [0.25, 0.3) is 0 Å². The smallest absolute Gasteiger partial charge is 0.323 e. The van der Waals surface area contributed by atoms with Crippen molar-refractivity contribution in [1.29, 1.82) is 0 Å². The van der Waals surface area contributed by atoms with E-state index in [1.54, 1.807) is 0 Å². The van der Waals surface area contributed by atoms with Crippen molar-refractivity contribution in [1.82, 2.24) is 0 Å². The van der Waals surface area contributed by atoms with E-state index < -0.39 is 6.04 Å². The number of carbonyl (C=O) groups excluding carboxylic acids is 1. The monoisotopic (exact) mass is 327 g/mol. The van der Waals surface area contributed by atoms with Crippen molar-refractivity contribution in [2.75, 3.05) is 6.61 Å². The molecule has 0 spiro atoms. The van der Waals surface area contributed by atoms with Crippen molar-refractivity contribution in [3.63, 3.8) is 0 Å². The highest BCUT2D eigenvalue weighted by atomic mass is 16.5. The van der Waals surface area contributed by atoms with E-state index in [1.165, 1.54) is 44.9 Å². The first-order chi connectivity index (χ1) is 11.6. The third kappa shape index (κ3) is 3.23. The van der Waals surface area contributed by atoms with Crippen molar-refractivity contribution in [3.05, 3.63) is 35.9 Å². The van der Waals surface area contributed by atoms with Gasteiger partial charge in [0.2, 0.25) is 0 Å². The number of hydrogen-bond acceptors (Lipinski definition) is 3. The van der Waals surface area contributed by atoms with Crippen molar-refractivity contribution in [2.24, 2.45) is 28.9 Å². The number of rotatable bonds is 5. The third-order valence-corrected chi connectivity index (χ3v) is 6.72. The molecule has 1 aromatic rings. The Labute approximate surface area is 145 Å². The van der Waals surface area contributed by atoms with Gasteiger partial charge in [-0.25, -0.2) is 0 Å². The van der Waals surface area contributed by atoms with E-state index in [0.29, 0.717) is 13.0 Å². The molecular weight excluding hydrogens is 298 g/mol. The lowest BCUT2D eigenvalue weighted by Gasteiger charge is -2.37. The first kappa shape index (κ1) is 16.1. The highest BCUT2D eigenvalue weighted by molar-refractivity contribution is 5.75. The molecule has 24 heavy (non-hydrogen) atoms. The lowest BCUT2D eigenvalue weighted by atomic mass is 9.70. The summed E-state index contributed by atoms with van der Waals surface area (Å²) >= 11 is 0. The molecule has 5 atom stereocenters. The van der Waals surface area contributed by atoms with E-state index in [9.17, 15) is 4.79 Å². The summed E-state index contributed by atoms with van der Waals surface area (Å²) in [6, 6.07) is 9.40. The van der Waals surface area contributed by atoms with Crippen LogP contribution >= 0.6 is 0 Å². The molecule has 0 aliphatic heterocycles. The number of carbonyl (C=O) groups is 1. The number of ether oxygens (including phenoxy) is 1. The maximum atomic E-state index is 12.4. The van der Waals surface area contributed by atoms with Crippen LogP contribution in [0.15, 0.2) is 30.3 Å².